The van der Waals surface area contributed by atoms with Crippen LogP contribution in [-0.4, -0.2) is 29.0 Å². The Kier molecular flexibility index (Phi) is 7.17. The topological polar surface area (TPSA) is 37.3 Å². The van der Waals surface area contributed by atoms with Gasteiger partial charge in [-0.05, 0) is 0 Å². The van der Waals surface area contributed by atoms with Crippen molar-refractivity contribution in [3.05, 3.63) is 0 Å². The summed E-state index contributed by atoms with van der Waals surface area (Å²) in [6.07, 6.45) is 0. The van der Waals surface area contributed by atoms with Crippen molar-refractivity contribution in [2.75, 3.05) is 0 Å². The number of carbonyl (C=O) groups is 1. The predicted octanol–water partition coefficient (Wildman–Crippen LogP) is -0.290. The molecule has 0 aliphatic heterocycles. The van der Waals surface area contributed by atoms with Gasteiger partial charge in [-0.15, -0.1) is 0 Å². The van der Waals surface area contributed by atoms with E-state index in [0.717, 1.165) is 6.92 Å². The summed E-state index contributed by atoms with van der Waals surface area (Å²) in [5, 5.41) is 7.42. The molecule has 0 aromatic heterocycles. The van der Waals surface area contributed by atoms with Crippen LogP contribution < -0.4 is 0 Å². The van der Waals surface area contributed by atoms with Gasteiger partial charge in [0, 0.05) is 24.9 Å². The Labute approximate surface area is 41.5 Å². The Hall–Kier alpha value is 0.0284. The SMILES string of the molecule is CC(=O)O.[As]. The van der Waals surface area contributed by atoms with E-state index in [1.807, 2.05) is 0 Å². The zero-order valence-electron chi connectivity index (χ0n) is 2.80. The van der Waals surface area contributed by atoms with Crippen LogP contribution in [0.15, 0.2) is 0 Å². The smallest absolute Gasteiger partial charge is 0.300 e. The van der Waals surface area contributed by atoms with Gasteiger partial charge in [0.25, 0.3) is 5.97 Å². The summed E-state index contributed by atoms with van der Waals surface area (Å²) >= 11 is 0. The molecule has 0 saturated heterocycles. The normalized spacial score (nSPS) is 5.00. The van der Waals surface area contributed by atoms with E-state index in [1.165, 1.54) is 0 Å². The fourth-order valence-corrected chi connectivity index (χ4v) is 0. The van der Waals surface area contributed by atoms with Crippen LogP contribution in [0.5, 0.6) is 0 Å². The summed E-state index contributed by atoms with van der Waals surface area (Å²) in [4.78, 5) is 9.00. The Morgan fingerprint density at radius 2 is 1.80 bits per heavy atom. The van der Waals surface area contributed by atoms with Gasteiger partial charge >= 0.3 is 0 Å². The van der Waals surface area contributed by atoms with Crippen LogP contribution in [0.1, 0.15) is 6.92 Å². The van der Waals surface area contributed by atoms with Crippen LogP contribution in [-0.2, 0) is 4.79 Å². The maximum Gasteiger partial charge on any atom is 0.300 e. The first-order valence-corrected chi connectivity index (χ1v) is 0.928. The first-order valence-electron chi connectivity index (χ1n) is 0.928. The molecule has 0 amide bonds. The van der Waals surface area contributed by atoms with Gasteiger partial charge in [0.05, 0.1) is 0 Å². The van der Waals surface area contributed by atoms with E-state index < -0.39 is 5.97 Å². The second-order valence-corrected chi connectivity index (χ2v) is 0.519. The van der Waals surface area contributed by atoms with E-state index in [0.29, 0.717) is 0 Å². The molecule has 0 bridgehead atoms. The van der Waals surface area contributed by atoms with Crippen LogP contribution in [0, 0.1) is 0 Å². The second-order valence-electron chi connectivity index (χ2n) is 0.519. The number of hydrogen-bond acceptors (Lipinski definition) is 1. The monoisotopic (exact) mass is 135 g/mol. The van der Waals surface area contributed by atoms with Crippen molar-refractivity contribution >= 4 is 23.9 Å². The molecular formula is C2H4AsO2. The minimum Gasteiger partial charge on any atom is -0.481 e. The third kappa shape index (κ3) is 20500. The molecule has 0 saturated carbocycles. The Morgan fingerprint density at radius 3 is 1.80 bits per heavy atom. The van der Waals surface area contributed by atoms with Gasteiger partial charge in [0.15, 0.2) is 0 Å². The molecule has 0 atom stereocenters. The van der Waals surface area contributed by atoms with Crippen LogP contribution >= 0.6 is 0 Å². The van der Waals surface area contributed by atoms with Gasteiger partial charge in [-0.3, -0.25) is 4.79 Å². The third-order valence-electron chi connectivity index (χ3n) is 0. The molecule has 0 unspecified atom stereocenters. The zero-order chi connectivity index (χ0) is 3.58. The van der Waals surface area contributed by atoms with Gasteiger partial charge in [0.1, 0.15) is 0 Å². The van der Waals surface area contributed by atoms with Crippen LogP contribution in [0.3, 0.4) is 0 Å². The van der Waals surface area contributed by atoms with Gasteiger partial charge < -0.3 is 5.11 Å². The molecule has 0 rings (SSSR count). The molecule has 1 N–H and O–H groups in total. The van der Waals surface area contributed by atoms with E-state index in [2.05, 4.69) is 0 Å². The van der Waals surface area contributed by atoms with Gasteiger partial charge in [-0.2, -0.15) is 0 Å². The van der Waals surface area contributed by atoms with Crippen molar-refractivity contribution in [2.24, 2.45) is 0 Å². The fourth-order valence-electron chi connectivity index (χ4n) is 0. The first-order chi connectivity index (χ1) is 1.73. The number of hydrogen-bond donors (Lipinski definition) is 1. The summed E-state index contributed by atoms with van der Waals surface area (Å²) in [6.45, 7) is 1.08. The third-order valence-corrected chi connectivity index (χ3v) is 0. The average Bonchev–Trinajstić information content (AvgIpc) is 0.811. The van der Waals surface area contributed by atoms with Gasteiger partial charge in [0.2, 0.25) is 0 Å². The van der Waals surface area contributed by atoms with Crippen LogP contribution in [0.25, 0.3) is 0 Å². The van der Waals surface area contributed by atoms with E-state index in [-0.39, 0.29) is 18.0 Å². The van der Waals surface area contributed by atoms with Crippen molar-refractivity contribution in [3.63, 3.8) is 0 Å². The van der Waals surface area contributed by atoms with Gasteiger partial charge in [-0.25, -0.2) is 0 Å². The molecule has 29 valence electrons. The maximum absolute atomic E-state index is 9.00. The molecule has 0 spiro atoms. The molecule has 3 radical (unpaired) electrons. The summed E-state index contributed by atoms with van der Waals surface area (Å²) in [5.41, 5.74) is 0. The van der Waals surface area contributed by atoms with Crippen molar-refractivity contribution in [1.82, 2.24) is 0 Å². The minimum absolute atomic E-state index is 0. The predicted molar refractivity (Wildman–Crippen MR) is 19.1 cm³/mol. The van der Waals surface area contributed by atoms with Gasteiger partial charge in [-0.1, -0.05) is 0 Å². The molecule has 0 aliphatic rings. The van der Waals surface area contributed by atoms with Crippen molar-refractivity contribution < 1.29 is 9.90 Å². The molecule has 0 heterocycles. The van der Waals surface area contributed by atoms with Crippen molar-refractivity contribution in [2.45, 2.75) is 6.92 Å². The summed E-state index contributed by atoms with van der Waals surface area (Å²) < 4.78 is 0. The van der Waals surface area contributed by atoms with E-state index in [9.17, 15) is 0 Å². The van der Waals surface area contributed by atoms with Crippen LogP contribution in [0.2, 0.25) is 0 Å². The standard InChI is InChI=1S/C2H4O2.As/c1-2(3)4;/h1H3,(H,3,4);. The summed E-state index contributed by atoms with van der Waals surface area (Å²) in [7, 11) is 0. The number of carboxylic acids is 1. The number of aliphatic carboxylic acids is 1. The molecule has 0 fully saturated rings. The molecule has 0 aliphatic carbocycles. The fraction of sp³-hybridized carbons (Fsp3) is 0.500. The van der Waals surface area contributed by atoms with E-state index in [4.69, 9.17) is 9.90 Å². The minimum atomic E-state index is -0.833. The summed E-state index contributed by atoms with van der Waals surface area (Å²) in [6, 6.07) is 0. The van der Waals surface area contributed by atoms with Crippen molar-refractivity contribution in [1.29, 1.82) is 0 Å². The second kappa shape index (κ2) is 4.03. The molecule has 0 aromatic rings. The zero-order valence-corrected chi connectivity index (χ0v) is 4.68. The maximum atomic E-state index is 9.00. The average molecular weight is 135 g/mol. The molecular weight excluding hydrogens is 131 g/mol. The number of carboxylic acid groups (broad SMARTS) is 1. The molecule has 3 heteroatoms. The van der Waals surface area contributed by atoms with Crippen LogP contribution in [0.4, 0.5) is 0 Å². The van der Waals surface area contributed by atoms with Crippen molar-refractivity contribution in [3.8, 4) is 0 Å². The van der Waals surface area contributed by atoms with E-state index in [1.54, 1.807) is 0 Å². The Bertz CT molecular complexity index is 30.6. The summed E-state index contributed by atoms with van der Waals surface area (Å²) in [5.74, 6) is -0.833. The van der Waals surface area contributed by atoms with E-state index >= 15 is 0 Å². The molecule has 5 heavy (non-hydrogen) atoms. The Morgan fingerprint density at radius 1 is 1.80 bits per heavy atom. The molecule has 2 nitrogen and oxygen atoms in total. The largest absolute Gasteiger partial charge is 0.481 e. The molecule has 0 aromatic carbocycles. The number of rotatable bonds is 0. The Balaban J connectivity index is 0. The first kappa shape index (κ1) is 8.90. The quantitative estimate of drug-likeness (QED) is 0.463.